The highest BCUT2D eigenvalue weighted by molar-refractivity contribution is 5.34. The smallest absolute Gasteiger partial charge is 0.128 e. The molecule has 1 fully saturated rings. The summed E-state index contributed by atoms with van der Waals surface area (Å²) >= 11 is 0. The second kappa shape index (κ2) is 5.99. The molecule has 1 aliphatic rings. The molecule has 1 aliphatic heterocycles. The largest absolute Gasteiger partial charge is 0.381 e. The van der Waals surface area contributed by atoms with Crippen molar-refractivity contribution in [1.82, 2.24) is 5.43 Å². The molecule has 0 spiro atoms. The number of nitrogens with two attached hydrogens (primary N) is 1. The van der Waals surface area contributed by atoms with Crippen molar-refractivity contribution in [2.75, 3.05) is 13.2 Å². The normalized spacial score (nSPS) is 25.3. The summed E-state index contributed by atoms with van der Waals surface area (Å²) in [7, 11) is 0. The topological polar surface area (TPSA) is 47.3 Å². The van der Waals surface area contributed by atoms with E-state index in [1.54, 1.807) is 6.07 Å². The minimum atomic E-state index is -0.167. The first-order valence-electron chi connectivity index (χ1n) is 6.85. The van der Waals surface area contributed by atoms with E-state index >= 15 is 0 Å². The van der Waals surface area contributed by atoms with Crippen LogP contribution in [-0.4, -0.2) is 13.2 Å². The molecule has 1 heterocycles. The first-order valence-corrected chi connectivity index (χ1v) is 6.85. The Kier molecular flexibility index (Phi) is 4.55. The van der Waals surface area contributed by atoms with E-state index in [4.69, 9.17) is 10.6 Å². The molecule has 19 heavy (non-hydrogen) atoms. The number of rotatable bonds is 3. The van der Waals surface area contributed by atoms with E-state index in [1.165, 1.54) is 0 Å². The number of ether oxygens (including phenoxy) is 1. The van der Waals surface area contributed by atoms with Gasteiger partial charge in [-0.05, 0) is 49.3 Å². The first-order chi connectivity index (χ1) is 9.04. The van der Waals surface area contributed by atoms with Gasteiger partial charge in [0, 0.05) is 18.8 Å². The fourth-order valence-electron chi connectivity index (χ4n) is 3.13. The average Bonchev–Trinajstić information content (AvgIpc) is 2.34. The molecule has 4 heteroatoms. The van der Waals surface area contributed by atoms with Gasteiger partial charge in [-0.3, -0.25) is 11.3 Å². The molecule has 0 saturated carbocycles. The van der Waals surface area contributed by atoms with E-state index in [2.05, 4.69) is 12.3 Å². The third-order valence-electron chi connectivity index (χ3n) is 4.11. The molecule has 0 amide bonds. The molecule has 0 radical (unpaired) electrons. The lowest BCUT2D eigenvalue weighted by atomic mass is 9.79. The number of benzene rings is 1. The first kappa shape index (κ1) is 14.4. The van der Waals surface area contributed by atoms with Crippen molar-refractivity contribution in [2.45, 2.75) is 33.2 Å². The van der Waals surface area contributed by atoms with Crippen LogP contribution in [-0.2, 0) is 4.74 Å². The van der Waals surface area contributed by atoms with Crippen molar-refractivity contribution in [1.29, 1.82) is 0 Å². The molecular formula is C15H23FN2O. The summed E-state index contributed by atoms with van der Waals surface area (Å²) in [5, 5.41) is 0. The second-order valence-corrected chi connectivity index (χ2v) is 5.63. The van der Waals surface area contributed by atoms with E-state index < -0.39 is 0 Å². The van der Waals surface area contributed by atoms with Crippen LogP contribution in [0.4, 0.5) is 4.39 Å². The number of halogens is 1. The van der Waals surface area contributed by atoms with Crippen molar-refractivity contribution in [2.24, 2.45) is 17.7 Å². The summed E-state index contributed by atoms with van der Waals surface area (Å²) in [5.41, 5.74) is 5.42. The molecule has 0 aliphatic carbocycles. The van der Waals surface area contributed by atoms with Crippen molar-refractivity contribution < 1.29 is 9.13 Å². The van der Waals surface area contributed by atoms with Gasteiger partial charge < -0.3 is 4.74 Å². The maximum absolute atomic E-state index is 14.3. The van der Waals surface area contributed by atoms with Crippen LogP contribution in [0.25, 0.3) is 0 Å². The van der Waals surface area contributed by atoms with Crippen LogP contribution in [0.5, 0.6) is 0 Å². The Labute approximate surface area is 114 Å². The average molecular weight is 266 g/mol. The highest BCUT2D eigenvalue weighted by atomic mass is 19.1. The third-order valence-corrected chi connectivity index (χ3v) is 4.11. The van der Waals surface area contributed by atoms with Crippen LogP contribution in [0.1, 0.15) is 36.1 Å². The Morgan fingerprint density at radius 3 is 2.74 bits per heavy atom. The summed E-state index contributed by atoms with van der Waals surface area (Å²) in [5.74, 6) is 6.22. The highest BCUT2D eigenvalue weighted by Gasteiger charge is 2.32. The van der Waals surface area contributed by atoms with Gasteiger partial charge in [-0.2, -0.15) is 0 Å². The Morgan fingerprint density at radius 1 is 1.42 bits per heavy atom. The molecule has 3 unspecified atom stereocenters. The molecule has 3 atom stereocenters. The molecule has 3 nitrogen and oxygen atoms in total. The molecule has 1 aromatic carbocycles. The predicted molar refractivity (Wildman–Crippen MR) is 74.0 cm³/mol. The van der Waals surface area contributed by atoms with E-state index in [-0.39, 0.29) is 11.9 Å². The lowest BCUT2D eigenvalue weighted by Crippen LogP contribution is -2.40. The lowest BCUT2D eigenvalue weighted by molar-refractivity contribution is 0.0100. The van der Waals surface area contributed by atoms with Crippen molar-refractivity contribution in [3.05, 3.63) is 34.6 Å². The van der Waals surface area contributed by atoms with Crippen LogP contribution in [0.15, 0.2) is 12.1 Å². The van der Waals surface area contributed by atoms with Crippen LogP contribution in [0.3, 0.4) is 0 Å². The van der Waals surface area contributed by atoms with E-state index in [1.807, 2.05) is 19.9 Å². The second-order valence-electron chi connectivity index (χ2n) is 5.63. The Hall–Kier alpha value is -0.970. The fourth-order valence-corrected chi connectivity index (χ4v) is 3.13. The van der Waals surface area contributed by atoms with E-state index in [0.717, 1.165) is 30.8 Å². The van der Waals surface area contributed by atoms with Crippen LogP contribution >= 0.6 is 0 Å². The van der Waals surface area contributed by atoms with Gasteiger partial charge in [0.15, 0.2) is 0 Å². The summed E-state index contributed by atoms with van der Waals surface area (Å²) in [6.45, 7) is 7.42. The minimum Gasteiger partial charge on any atom is -0.381 e. The maximum Gasteiger partial charge on any atom is 0.128 e. The van der Waals surface area contributed by atoms with Crippen LogP contribution < -0.4 is 11.3 Å². The van der Waals surface area contributed by atoms with Gasteiger partial charge >= 0.3 is 0 Å². The van der Waals surface area contributed by atoms with Gasteiger partial charge in [-0.25, -0.2) is 4.39 Å². The Morgan fingerprint density at radius 2 is 2.16 bits per heavy atom. The molecule has 1 aromatic rings. The lowest BCUT2D eigenvalue weighted by Gasteiger charge is -2.36. The molecule has 3 N–H and O–H groups in total. The summed E-state index contributed by atoms with van der Waals surface area (Å²) in [6, 6.07) is 3.43. The molecule has 0 bridgehead atoms. The Balaban J connectivity index is 2.36. The SMILES string of the molecule is Cc1cc(C)c(C(NN)C2CCOCC2C)c(F)c1. The molecule has 2 rings (SSSR count). The number of aryl methyl sites for hydroxylation is 2. The van der Waals surface area contributed by atoms with Gasteiger partial charge in [0.2, 0.25) is 0 Å². The number of nitrogens with one attached hydrogen (secondary N) is 1. The van der Waals surface area contributed by atoms with E-state index in [0.29, 0.717) is 17.4 Å². The zero-order valence-electron chi connectivity index (χ0n) is 11.9. The van der Waals surface area contributed by atoms with Crippen LogP contribution in [0.2, 0.25) is 0 Å². The van der Waals surface area contributed by atoms with Gasteiger partial charge in [-0.1, -0.05) is 13.0 Å². The van der Waals surface area contributed by atoms with Gasteiger partial charge in [0.05, 0.1) is 6.04 Å². The standard InChI is InChI=1S/C15H23FN2O/c1-9-6-10(2)14(13(16)7-9)15(18-17)12-4-5-19-8-11(12)3/h6-7,11-12,15,18H,4-5,8,17H2,1-3H3. The number of hydrazine groups is 1. The summed E-state index contributed by atoms with van der Waals surface area (Å²) in [6.07, 6.45) is 0.906. The zero-order chi connectivity index (χ0) is 14.0. The molecule has 1 saturated heterocycles. The predicted octanol–water partition coefficient (Wildman–Crippen LogP) is 2.62. The van der Waals surface area contributed by atoms with E-state index in [9.17, 15) is 4.39 Å². The minimum absolute atomic E-state index is 0.153. The van der Waals surface area contributed by atoms with Crippen molar-refractivity contribution in [3.8, 4) is 0 Å². The Bertz CT molecular complexity index is 427. The fraction of sp³-hybridized carbons (Fsp3) is 0.600. The summed E-state index contributed by atoms with van der Waals surface area (Å²) in [4.78, 5) is 0. The maximum atomic E-state index is 14.3. The van der Waals surface area contributed by atoms with Crippen LogP contribution in [0, 0.1) is 31.5 Å². The molecule has 0 aromatic heterocycles. The van der Waals surface area contributed by atoms with Gasteiger partial charge in [0.1, 0.15) is 5.82 Å². The quantitative estimate of drug-likeness (QED) is 0.653. The summed E-state index contributed by atoms with van der Waals surface area (Å²) < 4.78 is 19.8. The van der Waals surface area contributed by atoms with Gasteiger partial charge in [0.25, 0.3) is 0 Å². The van der Waals surface area contributed by atoms with Crippen molar-refractivity contribution in [3.63, 3.8) is 0 Å². The highest BCUT2D eigenvalue weighted by Crippen LogP contribution is 2.36. The van der Waals surface area contributed by atoms with Gasteiger partial charge in [-0.15, -0.1) is 0 Å². The van der Waals surface area contributed by atoms with Crippen molar-refractivity contribution >= 4 is 0 Å². The third kappa shape index (κ3) is 2.96. The zero-order valence-corrected chi connectivity index (χ0v) is 11.9. The number of hydrogen-bond donors (Lipinski definition) is 2. The molecule has 106 valence electrons. The molecular weight excluding hydrogens is 243 g/mol. The monoisotopic (exact) mass is 266 g/mol. The number of hydrogen-bond acceptors (Lipinski definition) is 3.